The molecule has 140 valence electrons. The van der Waals surface area contributed by atoms with E-state index in [1.54, 1.807) is 30.0 Å². The van der Waals surface area contributed by atoms with Crippen molar-refractivity contribution < 1.29 is 14.3 Å². The number of benzene rings is 1. The fraction of sp³-hybridized carbons (Fsp3) is 0.350. The summed E-state index contributed by atoms with van der Waals surface area (Å²) in [5.41, 5.74) is 1.65. The Balaban J connectivity index is 1.71. The number of methoxy groups -OCH3 is 1. The van der Waals surface area contributed by atoms with Gasteiger partial charge in [-0.3, -0.25) is 9.20 Å². The molecule has 27 heavy (non-hydrogen) atoms. The van der Waals surface area contributed by atoms with Crippen LogP contribution in [0, 0.1) is 6.92 Å². The Morgan fingerprint density at radius 1 is 1.41 bits per heavy atom. The Kier molecular flexibility index (Phi) is 4.02. The lowest BCUT2D eigenvalue weighted by Gasteiger charge is -2.38. The van der Waals surface area contributed by atoms with Gasteiger partial charge in [0.05, 0.1) is 18.8 Å². The van der Waals surface area contributed by atoms with Crippen molar-refractivity contribution in [3.05, 3.63) is 53.6 Å². The zero-order valence-corrected chi connectivity index (χ0v) is 15.8. The Morgan fingerprint density at radius 2 is 2.22 bits per heavy atom. The number of carbonyl (C=O) groups is 1. The lowest BCUT2D eigenvalue weighted by Crippen LogP contribution is -2.41. The minimum atomic E-state index is -0.393. The number of hydrogen-bond acceptors (Lipinski definition) is 5. The summed E-state index contributed by atoms with van der Waals surface area (Å²) < 4.78 is 13.1. The van der Waals surface area contributed by atoms with E-state index in [2.05, 4.69) is 15.3 Å². The van der Waals surface area contributed by atoms with Crippen molar-refractivity contribution in [2.24, 2.45) is 0 Å². The summed E-state index contributed by atoms with van der Waals surface area (Å²) in [6.07, 6.45) is 4.10. The van der Waals surface area contributed by atoms with E-state index in [4.69, 9.17) is 9.47 Å². The van der Waals surface area contributed by atoms with Gasteiger partial charge < -0.3 is 14.8 Å². The van der Waals surface area contributed by atoms with Crippen LogP contribution in [0.3, 0.4) is 0 Å². The van der Waals surface area contributed by atoms with Crippen LogP contribution in [-0.4, -0.2) is 33.0 Å². The van der Waals surface area contributed by atoms with Crippen LogP contribution in [0.2, 0.25) is 0 Å². The van der Waals surface area contributed by atoms with Crippen molar-refractivity contribution >= 4 is 11.7 Å². The number of nitrogens with one attached hydrogen (secondary N) is 1. The van der Waals surface area contributed by atoms with E-state index in [0.717, 1.165) is 17.1 Å². The van der Waals surface area contributed by atoms with Crippen molar-refractivity contribution in [3.8, 4) is 11.5 Å². The number of carbonyl (C=O) groups excluding carboxylic acids is 1. The van der Waals surface area contributed by atoms with E-state index >= 15 is 0 Å². The van der Waals surface area contributed by atoms with Crippen molar-refractivity contribution in [2.75, 3.05) is 7.11 Å². The maximum Gasteiger partial charge on any atom is 0.270 e. The highest BCUT2D eigenvalue weighted by Crippen LogP contribution is 2.41. The molecule has 0 aliphatic carbocycles. The van der Waals surface area contributed by atoms with Gasteiger partial charge in [-0.1, -0.05) is 0 Å². The lowest BCUT2D eigenvalue weighted by atomic mass is 9.89. The molecule has 7 heteroatoms. The maximum atomic E-state index is 13.1. The molecule has 0 fully saturated rings. The summed E-state index contributed by atoms with van der Waals surface area (Å²) in [5, 5.41) is 3.15. The maximum absolute atomic E-state index is 13.1. The molecule has 1 aliphatic rings. The number of hydrogen-bond donors (Lipinski definition) is 1. The summed E-state index contributed by atoms with van der Waals surface area (Å²) in [5.74, 6) is 1.80. The second-order valence-electron chi connectivity index (χ2n) is 7.33. The zero-order chi connectivity index (χ0) is 19.2. The molecule has 1 aromatic carbocycles. The van der Waals surface area contributed by atoms with Gasteiger partial charge in [-0.05, 0) is 45.0 Å². The highest BCUT2D eigenvalue weighted by Gasteiger charge is 2.35. The van der Waals surface area contributed by atoms with Crippen LogP contribution < -0.4 is 14.8 Å². The number of rotatable bonds is 3. The van der Waals surface area contributed by atoms with E-state index in [1.807, 2.05) is 39.0 Å². The molecule has 3 aromatic rings. The molecule has 0 saturated heterocycles. The van der Waals surface area contributed by atoms with Gasteiger partial charge in [0.1, 0.15) is 22.8 Å². The van der Waals surface area contributed by atoms with Gasteiger partial charge in [0.15, 0.2) is 0 Å². The summed E-state index contributed by atoms with van der Waals surface area (Å²) in [6, 6.07) is 7.24. The standard InChI is InChI=1S/C20H22N4O3/c1-12-17(24-9-5-8-21-19(24)22-12)18(25)23-15-11-20(2,3)27-16-7-6-13(26-4)10-14(15)16/h5-10,15H,11H2,1-4H3,(H,23,25). The van der Waals surface area contributed by atoms with E-state index in [-0.39, 0.29) is 11.9 Å². The molecule has 1 amide bonds. The largest absolute Gasteiger partial charge is 0.497 e. The van der Waals surface area contributed by atoms with E-state index < -0.39 is 5.60 Å². The van der Waals surface area contributed by atoms with Gasteiger partial charge in [0, 0.05) is 24.4 Å². The SMILES string of the molecule is COc1ccc2c(c1)C(NC(=O)c1c(C)nc3ncccn13)CC(C)(C)O2. The summed E-state index contributed by atoms with van der Waals surface area (Å²) in [4.78, 5) is 21.7. The molecule has 0 saturated carbocycles. The Bertz CT molecular complexity index is 1030. The Labute approximate surface area is 157 Å². The van der Waals surface area contributed by atoms with Gasteiger partial charge in [0.2, 0.25) is 5.78 Å². The van der Waals surface area contributed by atoms with E-state index in [1.165, 1.54) is 0 Å². The van der Waals surface area contributed by atoms with Gasteiger partial charge >= 0.3 is 0 Å². The molecule has 1 aliphatic heterocycles. The van der Waals surface area contributed by atoms with Crippen molar-refractivity contribution in [1.82, 2.24) is 19.7 Å². The second kappa shape index (κ2) is 6.26. The predicted octanol–water partition coefficient (Wildman–Crippen LogP) is 3.08. The molecule has 1 N–H and O–H groups in total. The van der Waals surface area contributed by atoms with Gasteiger partial charge in [-0.15, -0.1) is 0 Å². The van der Waals surface area contributed by atoms with Crippen molar-refractivity contribution in [1.29, 1.82) is 0 Å². The van der Waals surface area contributed by atoms with Crippen LogP contribution in [-0.2, 0) is 0 Å². The van der Waals surface area contributed by atoms with Crippen molar-refractivity contribution in [3.63, 3.8) is 0 Å². The van der Waals surface area contributed by atoms with Crippen LogP contribution in [0.5, 0.6) is 11.5 Å². The van der Waals surface area contributed by atoms with Crippen molar-refractivity contribution in [2.45, 2.75) is 38.8 Å². The zero-order valence-electron chi connectivity index (χ0n) is 15.8. The average Bonchev–Trinajstić information content (AvgIpc) is 2.96. The molecule has 7 nitrogen and oxygen atoms in total. The first-order valence-corrected chi connectivity index (χ1v) is 8.85. The van der Waals surface area contributed by atoms with Crippen LogP contribution in [0.1, 0.15) is 48.1 Å². The Hall–Kier alpha value is -3.09. The molecule has 4 rings (SSSR count). The molecular formula is C20H22N4O3. The number of fused-ring (bicyclic) bond motifs is 2. The minimum Gasteiger partial charge on any atom is -0.497 e. The normalized spacial score (nSPS) is 17.9. The minimum absolute atomic E-state index is 0.190. The monoisotopic (exact) mass is 366 g/mol. The van der Waals surface area contributed by atoms with Gasteiger partial charge in [-0.25, -0.2) is 9.97 Å². The smallest absolute Gasteiger partial charge is 0.270 e. The third-order valence-electron chi connectivity index (χ3n) is 4.77. The third-order valence-corrected chi connectivity index (χ3v) is 4.77. The molecule has 1 atom stereocenters. The summed E-state index contributed by atoms with van der Waals surface area (Å²) in [7, 11) is 1.62. The quantitative estimate of drug-likeness (QED) is 0.771. The molecule has 0 radical (unpaired) electrons. The number of ether oxygens (including phenoxy) is 2. The molecule has 2 aromatic heterocycles. The average molecular weight is 366 g/mol. The first-order valence-electron chi connectivity index (χ1n) is 8.85. The predicted molar refractivity (Wildman–Crippen MR) is 100 cm³/mol. The molecule has 0 bridgehead atoms. The van der Waals surface area contributed by atoms with Gasteiger partial charge in [-0.2, -0.15) is 0 Å². The lowest BCUT2D eigenvalue weighted by molar-refractivity contribution is 0.0616. The van der Waals surface area contributed by atoms with Crippen LogP contribution in [0.25, 0.3) is 5.78 Å². The number of nitrogens with zero attached hydrogens (tertiary/aromatic N) is 3. The molecule has 1 unspecified atom stereocenters. The topological polar surface area (TPSA) is 77.8 Å². The van der Waals surface area contributed by atoms with E-state index in [9.17, 15) is 4.79 Å². The molecule has 0 spiro atoms. The van der Waals surface area contributed by atoms with Gasteiger partial charge in [0.25, 0.3) is 5.91 Å². The fourth-order valence-electron chi connectivity index (χ4n) is 3.59. The first kappa shape index (κ1) is 17.3. The van der Waals surface area contributed by atoms with E-state index in [0.29, 0.717) is 23.6 Å². The summed E-state index contributed by atoms with van der Waals surface area (Å²) >= 11 is 0. The summed E-state index contributed by atoms with van der Waals surface area (Å²) in [6.45, 7) is 5.85. The van der Waals surface area contributed by atoms with Crippen LogP contribution >= 0.6 is 0 Å². The second-order valence-corrected chi connectivity index (χ2v) is 7.33. The number of aryl methyl sites for hydroxylation is 1. The highest BCUT2D eigenvalue weighted by atomic mass is 16.5. The van der Waals surface area contributed by atoms with Crippen LogP contribution in [0.15, 0.2) is 36.7 Å². The highest BCUT2D eigenvalue weighted by molar-refractivity contribution is 5.94. The molecular weight excluding hydrogens is 344 g/mol. The molecule has 3 heterocycles. The first-order chi connectivity index (χ1) is 12.9. The fourth-order valence-corrected chi connectivity index (χ4v) is 3.59. The number of amides is 1. The Morgan fingerprint density at radius 3 is 3.00 bits per heavy atom. The number of aromatic nitrogens is 3. The van der Waals surface area contributed by atoms with Crippen LogP contribution in [0.4, 0.5) is 0 Å². The number of imidazole rings is 1. The third kappa shape index (κ3) is 3.09.